The second-order valence-electron chi connectivity index (χ2n) is 6.16. The van der Waals surface area contributed by atoms with Crippen LogP contribution in [0, 0.1) is 11.3 Å². The molecule has 0 amide bonds. The Morgan fingerprint density at radius 3 is 2.31 bits per heavy atom. The molecule has 0 saturated carbocycles. The van der Waals surface area contributed by atoms with Crippen LogP contribution in [-0.2, 0) is 0 Å². The van der Waals surface area contributed by atoms with E-state index in [0.717, 1.165) is 13.1 Å². The highest BCUT2D eigenvalue weighted by molar-refractivity contribution is 4.74. The van der Waals surface area contributed by atoms with Gasteiger partial charge >= 0.3 is 0 Å². The van der Waals surface area contributed by atoms with Crippen LogP contribution in [0.2, 0.25) is 0 Å². The van der Waals surface area contributed by atoms with Crippen LogP contribution >= 0.6 is 0 Å². The Kier molecular flexibility index (Phi) is 8.04. The third kappa shape index (κ3) is 8.12. The molecular formula is C14H32N2. The molecule has 0 aliphatic rings. The zero-order valence-corrected chi connectivity index (χ0v) is 12.0. The average molecular weight is 228 g/mol. The van der Waals surface area contributed by atoms with Crippen molar-refractivity contribution in [1.82, 2.24) is 5.32 Å². The van der Waals surface area contributed by atoms with Crippen molar-refractivity contribution in [2.24, 2.45) is 17.1 Å². The summed E-state index contributed by atoms with van der Waals surface area (Å²) in [5, 5.41) is 3.51. The van der Waals surface area contributed by atoms with Gasteiger partial charge in [-0.3, -0.25) is 0 Å². The predicted molar refractivity (Wildman–Crippen MR) is 73.6 cm³/mol. The summed E-state index contributed by atoms with van der Waals surface area (Å²) in [4.78, 5) is 0. The molecule has 0 aliphatic carbocycles. The Balaban J connectivity index is 3.64. The Hall–Kier alpha value is -0.0800. The van der Waals surface area contributed by atoms with Gasteiger partial charge in [0.15, 0.2) is 0 Å². The Morgan fingerprint density at radius 2 is 1.81 bits per heavy atom. The van der Waals surface area contributed by atoms with Crippen LogP contribution in [0.15, 0.2) is 0 Å². The first-order chi connectivity index (χ1) is 7.39. The van der Waals surface area contributed by atoms with Crippen LogP contribution in [0.5, 0.6) is 0 Å². The van der Waals surface area contributed by atoms with Gasteiger partial charge < -0.3 is 11.1 Å². The highest BCUT2D eigenvalue weighted by Crippen LogP contribution is 2.22. The fourth-order valence-electron chi connectivity index (χ4n) is 1.75. The first kappa shape index (κ1) is 15.9. The minimum absolute atomic E-state index is 0.284. The van der Waals surface area contributed by atoms with Crippen molar-refractivity contribution in [3.05, 3.63) is 0 Å². The van der Waals surface area contributed by atoms with Crippen molar-refractivity contribution in [1.29, 1.82) is 0 Å². The predicted octanol–water partition coefficient (Wildman–Crippen LogP) is 3.17. The number of unbranched alkanes of at least 4 members (excludes halogenated alkanes) is 2. The summed E-state index contributed by atoms with van der Waals surface area (Å²) in [7, 11) is 0. The molecule has 3 N–H and O–H groups in total. The van der Waals surface area contributed by atoms with Gasteiger partial charge in [-0.2, -0.15) is 0 Å². The minimum atomic E-state index is 0.284. The topological polar surface area (TPSA) is 38.0 Å². The lowest BCUT2D eigenvalue weighted by Crippen LogP contribution is -2.41. The average Bonchev–Trinajstić information content (AvgIpc) is 2.17. The number of hydrogen-bond acceptors (Lipinski definition) is 2. The van der Waals surface area contributed by atoms with Gasteiger partial charge in [-0.25, -0.2) is 0 Å². The van der Waals surface area contributed by atoms with E-state index in [0.29, 0.717) is 11.3 Å². The van der Waals surface area contributed by atoms with Gasteiger partial charge in [-0.1, -0.05) is 53.9 Å². The molecule has 0 aromatic carbocycles. The molecule has 1 unspecified atom stereocenters. The lowest BCUT2D eigenvalue weighted by Gasteiger charge is -2.26. The van der Waals surface area contributed by atoms with Crippen LogP contribution in [0.3, 0.4) is 0 Å². The van der Waals surface area contributed by atoms with Crippen molar-refractivity contribution < 1.29 is 0 Å². The summed E-state index contributed by atoms with van der Waals surface area (Å²) in [6, 6.07) is 0.284. The van der Waals surface area contributed by atoms with Crippen LogP contribution in [0.1, 0.15) is 60.3 Å². The maximum Gasteiger partial charge on any atom is 0.0188 e. The largest absolute Gasteiger partial charge is 0.326 e. The van der Waals surface area contributed by atoms with Crippen molar-refractivity contribution in [3.8, 4) is 0 Å². The summed E-state index contributed by atoms with van der Waals surface area (Å²) in [5.41, 5.74) is 6.41. The Labute approximate surface area is 102 Å². The van der Waals surface area contributed by atoms with Crippen LogP contribution in [0.25, 0.3) is 0 Å². The third-order valence-corrected chi connectivity index (χ3v) is 3.30. The molecule has 0 bridgehead atoms. The summed E-state index contributed by atoms with van der Waals surface area (Å²) in [6.07, 6.45) is 5.32. The maximum atomic E-state index is 6.00. The fourth-order valence-corrected chi connectivity index (χ4v) is 1.75. The Morgan fingerprint density at radius 1 is 1.19 bits per heavy atom. The maximum absolute atomic E-state index is 6.00. The zero-order valence-electron chi connectivity index (χ0n) is 12.0. The molecule has 1 atom stereocenters. The minimum Gasteiger partial charge on any atom is -0.326 e. The molecule has 0 aliphatic heterocycles. The first-order valence-electron chi connectivity index (χ1n) is 6.85. The fraction of sp³-hybridized carbons (Fsp3) is 1.00. The highest BCUT2D eigenvalue weighted by atomic mass is 14.9. The van der Waals surface area contributed by atoms with E-state index in [1.54, 1.807) is 0 Å². The third-order valence-electron chi connectivity index (χ3n) is 3.30. The van der Waals surface area contributed by atoms with Gasteiger partial charge in [0.25, 0.3) is 0 Å². The van der Waals surface area contributed by atoms with E-state index in [1.165, 1.54) is 25.7 Å². The van der Waals surface area contributed by atoms with Gasteiger partial charge in [0.05, 0.1) is 0 Å². The summed E-state index contributed by atoms with van der Waals surface area (Å²) >= 11 is 0. The van der Waals surface area contributed by atoms with E-state index in [2.05, 4.69) is 39.9 Å². The van der Waals surface area contributed by atoms with Crippen LogP contribution in [0.4, 0.5) is 0 Å². The zero-order chi connectivity index (χ0) is 12.6. The van der Waals surface area contributed by atoms with Crippen LogP contribution < -0.4 is 11.1 Å². The van der Waals surface area contributed by atoms with E-state index in [1.807, 2.05) is 0 Å². The standard InChI is InChI=1S/C14H32N2/c1-6-7-8-9-14(4,5)11-16-10-13(15)12(2)3/h12-13,16H,6-11,15H2,1-5H3. The van der Waals surface area contributed by atoms with Gasteiger partial charge in [0.2, 0.25) is 0 Å². The lowest BCUT2D eigenvalue weighted by atomic mass is 9.86. The number of rotatable bonds is 9. The van der Waals surface area contributed by atoms with Gasteiger partial charge in [0.1, 0.15) is 0 Å². The molecule has 0 aromatic heterocycles. The quantitative estimate of drug-likeness (QED) is 0.595. The highest BCUT2D eigenvalue weighted by Gasteiger charge is 2.17. The monoisotopic (exact) mass is 228 g/mol. The van der Waals surface area contributed by atoms with E-state index in [4.69, 9.17) is 5.73 Å². The summed E-state index contributed by atoms with van der Waals surface area (Å²) in [5.74, 6) is 0.565. The van der Waals surface area contributed by atoms with Crippen LogP contribution in [-0.4, -0.2) is 19.1 Å². The number of hydrogen-bond donors (Lipinski definition) is 2. The van der Waals surface area contributed by atoms with E-state index < -0.39 is 0 Å². The summed E-state index contributed by atoms with van der Waals surface area (Å²) in [6.45, 7) is 13.3. The molecule has 0 spiro atoms. The van der Waals surface area contributed by atoms with Crippen molar-refractivity contribution in [2.45, 2.75) is 66.3 Å². The molecular weight excluding hydrogens is 196 g/mol. The summed E-state index contributed by atoms with van der Waals surface area (Å²) < 4.78 is 0. The molecule has 2 nitrogen and oxygen atoms in total. The first-order valence-corrected chi connectivity index (χ1v) is 6.85. The van der Waals surface area contributed by atoms with Gasteiger partial charge in [-0.05, 0) is 17.8 Å². The van der Waals surface area contributed by atoms with Crippen molar-refractivity contribution in [3.63, 3.8) is 0 Å². The SMILES string of the molecule is CCCCCC(C)(C)CNCC(N)C(C)C. The molecule has 0 fully saturated rings. The molecule has 98 valence electrons. The number of nitrogens with one attached hydrogen (secondary N) is 1. The molecule has 16 heavy (non-hydrogen) atoms. The van der Waals surface area contributed by atoms with E-state index in [-0.39, 0.29) is 6.04 Å². The lowest BCUT2D eigenvalue weighted by molar-refractivity contribution is 0.294. The Bertz CT molecular complexity index is 164. The molecule has 2 heteroatoms. The molecule has 0 radical (unpaired) electrons. The van der Waals surface area contributed by atoms with Gasteiger partial charge in [-0.15, -0.1) is 0 Å². The second kappa shape index (κ2) is 8.08. The normalized spacial score (nSPS) is 14.4. The van der Waals surface area contributed by atoms with Gasteiger partial charge in [0, 0.05) is 19.1 Å². The smallest absolute Gasteiger partial charge is 0.0188 e. The van der Waals surface area contributed by atoms with Crippen molar-refractivity contribution in [2.75, 3.05) is 13.1 Å². The number of nitrogens with two attached hydrogens (primary N) is 1. The van der Waals surface area contributed by atoms with E-state index in [9.17, 15) is 0 Å². The van der Waals surface area contributed by atoms with Crippen molar-refractivity contribution >= 4 is 0 Å². The second-order valence-corrected chi connectivity index (χ2v) is 6.16. The molecule has 0 aromatic rings. The molecule has 0 rings (SSSR count). The molecule has 0 saturated heterocycles. The van der Waals surface area contributed by atoms with E-state index >= 15 is 0 Å². The molecule has 0 heterocycles.